The molecule has 2 aromatic rings. The van der Waals surface area contributed by atoms with Crippen LogP contribution in [0.25, 0.3) is 0 Å². The molecular formula is C21H24N2O6S. The first-order valence-electron chi connectivity index (χ1n) is 9.54. The van der Waals surface area contributed by atoms with Crippen LogP contribution in [0.4, 0.5) is 9.80 Å². The molecule has 1 aromatic carbocycles. The average molecular weight is 432 g/mol. The van der Waals surface area contributed by atoms with Gasteiger partial charge in [0.15, 0.2) is 0 Å². The van der Waals surface area contributed by atoms with Gasteiger partial charge >= 0.3 is 12.1 Å². The molecule has 0 bridgehead atoms. The van der Waals surface area contributed by atoms with E-state index in [9.17, 15) is 14.4 Å². The molecule has 0 radical (unpaired) electrons. The van der Waals surface area contributed by atoms with Gasteiger partial charge in [-0.2, -0.15) is 0 Å². The van der Waals surface area contributed by atoms with E-state index in [1.807, 2.05) is 12.1 Å². The molecule has 1 aromatic heterocycles. The largest absolute Gasteiger partial charge is 0.497 e. The third-order valence-corrected chi connectivity index (χ3v) is 5.88. The van der Waals surface area contributed by atoms with Crippen molar-refractivity contribution in [1.29, 1.82) is 0 Å². The predicted octanol–water partition coefficient (Wildman–Crippen LogP) is 3.24. The first-order chi connectivity index (χ1) is 14.5. The number of carbonyl (C=O) groups is 3. The molecule has 3 rings (SSSR count). The zero-order valence-corrected chi connectivity index (χ0v) is 18.0. The molecule has 0 spiro atoms. The number of esters is 1. The first-order valence-corrected chi connectivity index (χ1v) is 10.4. The Labute approximate surface area is 178 Å². The highest BCUT2D eigenvalue weighted by atomic mass is 32.1. The normalized spacial score (nSPS) is 12.7. The van der Waals surface area contributed by atoms with Gasteiger partial charge in [-0.25, -0.2) is 9.59 Å². The van der Waals surface area contributed by atoms with Gasteiger partial charge in [0.2, 0.25) is 5.91 Å². The maximum Gasteiger partial charge on any atom is 0.410 e. The van der Waals surface area contributed by atoms with Crippen molar-refractivity contribution in [2.75, 3.05) is 32.7 Å². The summed E-state index contributed by atoms with van der Waals surface area (Å²) in [4.78, 5) is 39.5. The number of ether oxygens (including phenoxy) is 3. The fraction of sp³-hybridized carbons (Fsp3) is 0.381. The van der Waals surface area contributed by atoms with Crippen molar-refractivity contribution < 1.29 is 28.6 Å². The number of carbonyl (C=O) groups excluding carboxylic acids is 3. The molecule has 2 amide bonds. The molecule has 0 atom stereocenters. The van der Waals surface area contributed by atoms with Crippen LogP contribution < -0.4 is 10.1 Å². The predicted molar refractivity (Wildman–Crippen MR) is 112 cm³/mol. The third kappa shape index (κ3) is 4.73. The minimum Gasteiger partial charge on any atom is -0.497 e. The molecular weight excluding hydrogens is 408 g/mol. The van der Waals surface area contributed by atoms with Crippen LogP contribution in [0.5, 0.6) is 5.75 Å². The molecule has 0 fully saturated rings. The van der Waals surface area contributed by atoms with Gasteiger partial charge in [-0.15, -0.1) is 11.3 Å². The Morgan fingerprint density at radius 3 is 2.53 bits per heavy atom. The molecule has 1 N–H and O–H groups in total. The fourth-order valence-electron chi connectivity index (χ4n) is 3.28. The number of fused-ring (bicyclic) bond motifs is 1. The standard InChI is InChI=1S/C21H24N2O6S/c1-4-29-21(26)23-10-9-15-16(12-23)30-19(18(15)20(25)28-3)22-17(24)11-13-5-7-14(27-2)8-6-13/h5-8H,4,9-12H2,1-3H3,(H,22,24). The van der Waals surface area contributed by atoms with Crippen LogP contribution in [-0.2, 0) is 33.7 Å². The minimum absolute atomic E-state index is 0.155. The fourth-order valence-corrected chi connectivity index (χ4v) is 4.55. The smallest absolute Gasteiger partial charge is 0.410 e. The van der Waals surface area contributed by atoms with Gasteiger partial charge in [-0.3, -0.25) is 4.79 Å². The van der Waals surface area contributed by atoms with Crippen LogP contribution in [0, 0.1) is 0 Å². The average Bonchev–Trinajstić information content (AvgIpc) is 3.10. The van der Waals surface area contributed by atoms with E-state index in [-0.39, 0.29) is 18.4 Å². The third-order valence-electron chi connectivity index (χ3n) is 4.75. The number of hydrogen-bond acceptors (Lipinski definition) is 7. The van der Waals surface area contributed by atoms with Crippen molar-refractivity contribution in [2.24, 2.45) is 0 Å². The molecule has 1 aliphatic heterocycles. The summed E-state index contributed by atoms with van der Waals surface area (Å²) < 4.78 is 15.1. The van der Waals surface area contributed by atoms with E-state index in [1.54, 1.807) is 31.1 Å². The molecule has 2 heterocycles. The van der Waals surface area contributed by atoms with Gasteiger partial charge in [0.05, 0.1) is 39.4 Å². The summed E-state index contributed by atoms with van der Waals surface area (Å²) in [6.07, 6.45) is 0.257. The van der Waals surface area contributed by atoms with Gasteiger partial charge in [0.25, 0.3) is 0 Å². The highest BCUT2D eigenvalue weighted by Gasteiger charge is 2.31. The van der Waals surface area contributed by atoms with E-state index in [0.29, 0.717) is 42.4 Å². The van der Waals surface area contributed by atoms with Crippen molar-refractivity contribution in [3.8, 4) is 5.75 Å². The van der Waals surface area contributed by atoms with E-state index >= 15 is 0 Å². The zero-order valence-electron chi connectivity index (χ0n) is 17.1. The number of anilines is 1. The minimum atomic E-state index is -0.503. The summed E-state index contributed by atoms with van der Waals surface area (Å²) in [5.74, 6) is -0.0350. The van der Waals surface area contributed by atoms with Crippen LogP contribution in [0.3, 0.4) is 0 Å². The number of nitrogens with zero attached hydrogens (tertiary/aromatic N) is 1. The highest BCUT2D eigenvalue weighted by molar-refractivity contribution is 7.17. The molecule has 8 nitrogen and oxygen atoms in total. The van der Waals surface area contributed by atoms with Crippen molar-refractivity contribution >= 4 is 34.3 Å². The molecule has 30 heavy (non-hydrogen) atoms. The summed E-state index contributed by atoms with van der Waals surface area (Å²) in [6, 6.07) is 7.21. The molecule has 0 saturated carbocycles. The Bertz CT molecular complexity index is 938. The number of amides is 2. The molecule has 0 aliphatic carbocycles. The Morgan fingerprint density at radius 1 is 1.17 bits per heavy atom. The van der Waals surface area contributed by atoms with Crippen LogP contribution in [0.2, 0.25) is 0 Å². The Kier molecular flexibility index (Phi) is 6.94. The monoisotopic (exact) mass is 432 g/mol. The number of nitrogens with one attached hydrogen (secondary N) is 1. The van der Waals surface area contributed by atoms with Crippen LogP contribution in [0.1, 0.15) is 33.3 Å². The quantitative estimate of drug-likeness (QED) is 0.705. The summed E-state index contributed by atoms with van der Waals surface area (Å²) in [7, 11) is 2.89. The molecule has 0 saturated heterocycles. The number of rotatable bonds is 6. The van der Waals surface area contributed by atoms with Crippen molar-refractivity contribution in [3.63, 3.8) is 0 Å². The first kappa shape index (κ1) is 21.6. The van der Waals surface area contributed by atoms with E-state index in [1.165, 1.54) is 18.4 Å². The summed E-state index contributed by atoms with van der Waals surface area (Å²) in [5.41, 5.74) is 2.00. The maximum absolute atomic E-state index is 12.6. The van der Waals surface area contributed by atoms with Crippen molar-refractivity contribution in [2.45, 2.75) is 26.3 Å². The Morgan fingerprint density at radius 2 is 1.90 bits per heavy atom. The second-order valence-electron chi connectivity index (χ2n) is 6.64. The SMILES string of the molecule is CCOC(=O)N1CCc2c(sc(NC(=O)Cc3ccc(OC)cc3)c2C(=O)OC)C1. The maximum atomic E-state index is 12.6. The lowest BCUT2D eigenvalue weighted by molar-refractivity contribution is -0.115. The lowest BCUT2D eigenvalue weighted by Gasteiger charge is -2.26. The topological polar surface area (TPSA) is 94.2 Å². The van der Waals surface area contributed by atoms with E-state index in [0.717, 1.165) is 16.0 Å². The van der Waals surface area contributed by atoms with Gasteiger partial charge in [0, 0.05) is 11.4 Å². The molecule has 160 valence electrons. The van der Waals surface area contributed by atoms with Crippen LogP contribution in [0.15, 0.2) is 24.3 Å². The van der Waals surface area contributed by atoms with Gasteiger partial charge < -0.3 is 24.4 Å². The van der Waals surface area contributed by atoms with Crippen LogP contribution in [-0.4, -0.2) is 50.2 Å². The second-order valence-corrected chi connectivity index (χ2v) is 7.75. The van der Waals surface area contributed by atoms with Gasteiger partial charge in [0.1, 0.15) is 10.8 Å². The number of hydrogen-bond donors (Lipinski definition) is 1. The van der Waals surface area contributed by atoms with Crippen LogP contribution >= 0.6 is 11.3 Å². The van der Waals surface area contributed by atoms with Crippen molar-refractivity contribution in [3.05, 3.63) is 45.8 Å². The summed E-state index contributed by atoms with van der Waals surface area (Å²) in [5, 5.41) is 3.28. The van der Waals surface area contributed by atoms with Crippen molar-refractivity contribution in [1.82, 2.24) is 4.90 Å². The van der Waals surface area contributed by atoms with Gasteiger partial charge in [-0.05, 0) is 36.6 Å². The molecule has 9 heteroatoms. The van der Waals surface area contributed by atoms with E-state index < -0.39 is 5.97 Å². The Balaban J connectivity index is 1.79. The Hall–Kier alpha value is -3.07. The highest BCUT2D eigenvalue weighted by Crippen LogP contribution is 2.37. The molecule has 1 aliphatic rings. The van der Waals surface area contributed by atoms with E-state index in [2.05, 4.69) is 5.32 Å². The number of methoxy groups -OCH3 is 2. The lowest BCUT2D eigenvalue weighted by Crippen LogP contribution is -2.36. The zero-order chi connectivity index (χ0) is 21.7. The van der Waals surface area contributed by atoms with E-state index in [4.69, 9.17) is 14.2 Å². The number of thiophene rings is 1. The lowest BCUT2D eigenvalue weighted by atomic mass is 10.0. The summed E-state index contributed by atoms with van der Waals surface area (Å²) >= 11 is 1.29. The van der Waals surface area contributed by atoms with Gasteiger partial charge in [-0.1, -0.05) is 12.1 Å². The summed E-state index contributed by atoms with van der Waals surface area (Å²) in [6.45, 7) is 2.82. The number of benzene rings is 1. The second kappa shape index (κ2) is 9.62. The molecule has 0 unspecified atom stereocenters.